The predicted molar refractivity (Wildman–Crippen MR) is 71.6 cm³/mol. The van der Waals surface area contributed by atoms with Gasteiger partial charge in [0.25, 0.3) is 0 Å². The lowest BCUT2D eigenvalue weighted by Crippen LogP contribution is -2.51. The number of rotatable bonds is 5. The van der Waals surface area contributed by atoms with Gasteiger partial charge in [-0.05, 0) is 25.7 Å². The van der Waals surface area contributed by atoms with Gasteiger partial charge < -0.3 is 9.64 Å². The molecule has 1 heterocycles. The van der Waals surface area contributed by atoms with Crippen LogP contribution in [0.15, 0.2) is 0 Å². The third-order valence-electron chi connectivity index (χ3n) is 4.32. The number of amides is 1. The Morgan fingerprint density at radius 3 is 2.32 bits per heavy atom. The predicted octanol–water partition coefficient (Wildman–Crippen LogP) is 0.882. The molecule has 1 amide bonds. The molecule has 1 saturated heterocycles. The van der Waals surface area contributed by atoms with Crippen LogP contribution in [0, 0.1) is 5.92 Å². The minimum absolute atomic E-state index is 0.0733. The number of nitrogens with zero attached hydrogens (tertiary/aromatic N) is 2. The average molecular weight is 268 g/mol. The number of carbonyl (C=O) groups excluding carboxylic acids is 2. The first-order valence-corrected chi connectivity index (χ1v) is 7.20. The molecule has 2 fully saturated rings. The van der Waals surface area contributed by atoms with E-state index in [4.69, 9.17) is 0 Å². The Balaban J connectivity index is 1.70. The normalized spacial score (nSPS) is 22.1. The van der Waals surface area contributed by atoms with Crippen molar-refractivity contribution in [3.05, 3.63) is 0 Å². The van der Waals surface area contributed by atoms with Crippen molar-refractivity contribution in [2.45, 2.75) is 38.6 Å². The molecule has 19 heavy (non-hydrogen) atoms. The van der Waals surface area contributed by atoms with Gasteiger partial charge in [-0.1, -0.05) is 0 Å². The standard InChI is InChI=1S/C14H24N2O3/c1-11(12-3-4-12)15-7-9-16(10-8-15)13(17)5-6-14(18)19-2/h11-12H,3-10H2,1-2H3. The first-order valence-electron chi connectivity index (χ1n) is 7.20. The van der Waals surface area contributed by atoms with Gasteiger partial charge in [0.15, 0.2) is 0 Å². The molecule has 0 radical (unpaired) electrons. The second-order valence-corrected chi connectivity index (χ2v) is 5.57. The molecule has 1 unspecified atom stereocenters. The molecule has 1 aliphatic carbocycles. The fraction of sp³-hybridized carbons (Fsp3) is 0.857. The van der Waals surface area contributed by atoms with Gasteiger partial charge in [-0.3, -0.25) is 14.5 Å². The van der Waals surface area contributed by atoms with Gasteiger partial charge in [0.1, 0.15) is 0 Å². The summed E-state index contributed by atoms with van der Waals surface area (Å²) in [5.41, 5.74) is 0. The molecule has 5 nitrogen and oxygen atoms in total. The summed E-state index contributed by atoms with van der Waals surface area (Å²) in [5, 5.41) is 0. The van der Waals surface area contributed by atoms with E-state index in [1.807, 2.05) is 4.90 Å². The minimum atomic E-state index is -0.311. The Morgan fingerprint density at radius 1 is 1.16 bits per heavy atom. The van der Waals surface area contributed by atoms with Gasteiger partial charge in [-0.2, -0.15) is 0 Å². The summed E-state index contributed by atoms with van der Waals surface area (Å²) in [6.07, 6.45) is 3.18. The lowest BCUT2D eigenvalue weighted by atomic mass is 10.1. The lowest BCUT2D eigenvalue weighted by Gasteiger charge is -2.38. The van der Waals surface area contributed by atoms with E-state index in [1.54, 1.807) is 0 Å². The summed E-state index contributed by atoms with van der Waals surface area (Å²) in [4.78, 5) is 27.3. The van der Waals surface area contributed by atoms with Gasteiger partial charge in [0.05, 0.1) is 13.5 Å². The van der Waals surface area contributed by atoms with Gasteiger partial charge in [-0.15, -0.1) is 0 Å². The number of hydrogen-bond acceptors (Lipinski definition) is 4. The van der Waals surface area contributed by atoms with Gasteiger partial charge in [0, 0.05) is 38.6 Å². The summed E-state index contributed by atoms with van der Waals surface area (Å²) in [6.45, 7) is 5.80. The van der Waals surface area contributed by atoms with Crippen LogP contribution in [-0.2, 0) is 14.3 Å². The van der Waals surface area contributed by atoms with Crippen LogP contribution in [0.4, 0.5) is 0 Å². The van der Waals surface area contributed by atoms with Crippen LogP contribution in [0.25, 0.3) is 0 Å². The number of hydrogen-bond donors (Lipinski definition) is 0. The highest BCUT2D eigenvalue weighted by Crippen LogP contribution is 2.35. The van der Waals surface area contributed by atoms with E-state index < -0.39 is 0 Å². The van der Waals surface area contributed by atoms with E-state index in [1.165, 1.54) is 20.0 Å². The molecule has 0 aromatic rings. The first kappa shape index (κ1) is 14.3. The molecule has 2 rings (SSSR count). The van der Waals surface area contributed by atoms with Crippen molar-refractivity contribution >= 4 is 11.9 Å². The first-order chi connectivity index (χ1) is 9.11. The molecule has 1 aliphatic heterocycles. The largest absolute Gasteiger partial charge is 0.469 e. The summed E-state index contributed by atoms with van der Waals surface area (Å²) in [6, 6.07) is 0.660. The van der Waals surface area contributed by atoms with E-state index in [9.17, 15) is 9.59 Å². The molecule has 0 aromatic heterocycles. The van der Waals surface area contributed by atoms with Gasteiger partial charge in [0.2, 0.25) is 5.91 Å². The average Bonchev–Trinajstić information content (AvgIpc) is 3.28. The van der Waals surface area contributed by atoms with Crippen LogP contribution in [0.1, 0.15) is 32.6 Å². The Bertz CT molecular complexity index is 334. The Hall–Kier alpha value is -1.10. The minimum Gasteiger partial charge on any atom is -0.469 e. The summed E-state index contributed by atoms with van der Waals surface area (Å²) in [7, 11) is 1.35. The van der Waals surface area contributed by atoms with Crippen molar-refractivity contribution in [1.82, 2.24) is 9.80 Å². The van der Waals surface area contributed by atoms with E-state index in [0.717, 1.165) is 32.1 Å². The fourth-order valence-corrected chi connectivity index (χ4v) is 2.72. The molecule has 2 aliphatic rings. The van der Waals surface area contributed by atoms with Crippen molar-refractivity contribution in [1.29, 1.82) is 0 Å². The quantitative estimate of drug-likeness (QED) is 0.695. The maximum atomic E-state index is 11.9. The Labute approximate surface area is 114 Å². The fourth-order valence-electron chi connectivity index (χ4n) is 2.72. The van der Waals surface area contributed by atoms with Crippen LogP contribution in [0.2, 0.25) is 0 Å². The second-order valence-electron chi connectivity index (χ2n) is 5.57. The van der Waals surface area contributed by atoms with E-state index >= 15 is 0 Å². The van der Waals surface area contributed by atoms with Crippen LogP contribution in [-0.4, -0.2) is 61.0 Å². The Morgan fingerprint density at radius 2 is 1.79 bits per heavy atom. The zero-order valence-corrected chi connectivity index (χ0v) is 11.9. The van der Waals surface area contributed by atoms with Crippen molar-refractivity contribution in [3.63, 3.8) is 0 Å². The highest BCUT2D eigenvalue weighted by Gasteiger charge is 2.33. The SMILES string of the molecule is COC(=O)CCC(=O)N1CCN(C(C)C2CC2)CC1. The lowest BCUT2D eigenvalue weighted by molar-refractivity contribution is -0.144. The van der Waals surface area contributed by atoms with E-state index in [0.29, 0.717) is 6.04 Å². The zero-order valence-electron chi connectivity index (χ0n) is 11.9. The third-order valence-corrected chi connectivity index (χ3v) is 4.32. The molecule has 0 N–H and O–H groups in total. The number of esters is 1. The van der Waals surface area contributed by atoms with Crippen LogP contribution in [0.5, 0.6) is 0 Å². The van der Waals surface area contributed by atoms with Gasteiger partial charge in [-0.25, -0.2) is 0 Å². The molecular formula is C14H24N2O3. The highest BCUT2D eigenvalue weighted by molar-refractivity contribution is 5.81. The molecule has 0 aromatic carbocycles. The molecule has 5 heteroatoms. The maximum absolute atomic E-state index is 11.9. The summed E-state index contributed by atoms with van der Waals surface area (Å²) in [5.74, 6) is 0.639. The molecule has 1 atom stereocenters. The summed E-state index contributed by atoms with van der Waals surface area (Å²) < 4.78 is 4.55. The molecule has 0 spiro atoms. The molecule has 0 bridgehead atoms. The van der Waals surface area contributed by atoms with E-state index in [2.05, 4.69) is 16.6 Å². The van der Waals surface area contributed by atoms with E-state index in [-0.39, 0.29) is 24.7 Å². The number of ether oxygens (including phenoxy) is 1. The number of carbonyl (C=O) groups is 2. The monoisotopic (exact) mass is 268 g/mol. The smallest absolute Gasteiger partial charge is 0.306 e. The van der Waals surface area contributed by atoms with Gasteiger partial charge >= 0.3 is 5.97 Å². The van der Waals surface area contributed by atoms with Crippen LogP contribution in [0.3, 0.4) is 0 Å². The molecule has 1 saturated carbocycles. The zero-order chi connectivity index (χ0) is 13.8. The van der Waals surface area contributed by atoms with Crippen molar-refractivity contribution < 1.29 is 14.3 Å². The maximum Gasteiger partial charge on any atom is 0.306 e. The number of methoxy groups -OCH3 is 1. The van der Waals surface area contributed by atoms with Crippen molar-refractivity contribution in [2.75, 3.05) is 33.3 Å². The van der Waals surface area contributed by atoms with Crippen LogP contribution < -0.4 is 0 Å². The highest BCUT2D eigenvalue weighted by atomic mass is 16.5. The summed E-state index contributed by atoms with van der Waals surface area (Å²) >= 11 is 0. The topological polar surface area (TPSA) is 49.9 Å². The molecule has 108 valence electrons. The van der Waals surface area contributed by atoms with Crippen molar-refractivity contribution in [3.8, 4) is 0 Å². The van der Waals surface area contributed by atoms with Crippen molar-refractivity contribution in [2.24, 2.45) is 5.92 Å². The van der Waals surface area contributed by atoms with Crippen LogP contribution >= 0.6 is 0 Å². The third kappa shape index (κ3) is 3.93. The second kappa shape index (κ2) is 6.37. The Kier molecular flexibility index (Phi) is 4.80. The number of piperazine rings is 1. The molecular weight excluding hydrogens is 244 g/mol.